The van der Waals surface area contributed by atoms with Crippen molar-refractivity contribution in [2.45, 2.75) is 52.9 Å². The quantitative estimate of drug-likeness (QED) is 0.866. The molecule has 1 aliphatic heterocycles. The maximum atomic E-state index is 5.72. The van der Waals surface area contributed by atoms with E-state index in [4.69, 9.17) is 9.47 Å². The molecule has 3 rings (SSSR count). The Morgan fingerprint density at radius 1 is 1.14 bits per heavy atom. The molecule has 4 nitrogen and oxygen atoms in total. The van der Waals surface area contributed by atoms with Crippen LogP contribution in [0.4, 0.5) is 0 Å². The predicted molar refractivity (Wildman–Crippen MR) is 87.9 cm³/mol. The standard InChI is InChI=1S/C18H26N2O2/c1-17(2,3)20-9-7-14-13(6-8-19-15(14)20)12-18(4,5)16-21-10-11-22-16/h6-9,16H,10-12H2,1-5H3. The first-order valence-corrected chi connectivity index (χ1v) is 7.98. The van der Waals surface area contributed by atoms with Crippen molar-refractivity contribution < 1.29 is 9.47 Å². The van der Waals surface area contributed by atoms with Crippen molar-refractivity contribution in [3.8, 4) is 0 Å². The second-order valence-corrected chi connectivity index (χ2v) is 7.80. The summed E-state index contributed by atoms with van der Waals surface area (Å²) in [5, 5.41) is 1.23. The zero-order valence-electron chi connectivity index (χ0n) is 14.2. The van der Waals surface area contributed by atoms with Gasteiger partial charge >= 0.3 is 0 Å². The molecule has 1 aliphatic rings. The minimum absolute atomic E-state index is 0.0283. The van der Waals surface area contributed by atoms with E-state index in [1.165, 1.54) is 10.9 Å². The first-order valence-electron chi connectivity index (χ1n) is 7.98. The number of fused-ring (bicyclic) bond motifs is 1. The third-order valence-corrected chi connectivity index (χ3v) is 4.31. The van der Waals surface area contributed by atoms with Gasteiger partial charge in [0.25, 0.3) is 0 Å². The number of hydrogen-bond donors (Lipinski definition) is 0. The molecular weight excluding hydrogens is 276 g/mol. The smallest absolute Gasteiger partial charge is 0.163 e. The van der Waals surface area contributed by atoms with Crippen LogP contribution < -0.4 is 0 Å². The van der Waals surface area contributed by atoms with Crippen molar-refractivity contribution in [3.05, 3.63) is 30.1 Å². The Morgan fingerprint density at radius 3 is 2.45 bits per heavy atom. The Balaban J connectivity index is 1.96. The summed E-state index contributed by atoms with van der Waals surface area (Å²) in [6.07, 6.45) is 4.83. The highest BCUT2D eigenvalue weighted by Crippen LogP contribution is 2.34. The van der Waals surface area contributed by atoms with Crippen LogP contribution in [0.3, 0.4) is 0 Å². The van der Waals surface area contributed by atoms with Crippen molar-refractivity contribution in [2.75, 3.05) is 13.2 Å². The molecule has 120 valence electrons. The summed E-state index contributed by atoms with van der Waals surface area (Å²) in [4.78, 5) is 4.60. The molecule has 0 aromatic carbocycles. The average Bonchev–Trinajstić information content (AvgIpc) is 3.08. The minimum Gasteiger partial charge on any atom is -0.350 e. The van der Waals surface area contributed by atoms with Gasteiger partial charge in [0.05, 0.1) is 13.2 Å². The summed E-state index contributed by atoms with van der Waals surface area (Å²) in [7, 11) is 0. The second kappa shape index (κ2) is 5.36. The molecule has 0 bridgehead atoms. The maximum Gasteiger partial charge on any atom is 0.163 e. The van der Waals surface area contributed by atoms with Gasteiger partial charge in [-0.25, -0.2) is 4.98 Å². The molecule has 1 saturated heterocycles. The van der Waals surface area contributed by atoms with Gasteiger partial charge in [0, 0.05) is 28.7 Å². The first kappa shape index (κ1) is 15.5. The highest BCUT2D eigenvalue weighted by Gasteiger charge is 2.35. The lowest BCUT2D eigenvalue weighted by molar-refractivity contribution is -0.119. The molecule has 0 N–H and O–H groups in total. The van der Waals surface area contributed by atoms with Gasteiger partial charge in [0.2, 0.25) is 0 Å². The fourth-order valence-electron chi connectivity index (χ4n) is 3.17. The fourth-order valence-corrected chi connectivity index (χ4v) is 3.17. The van der Waals surface area contributed by atoms with Gasteiger partial charge in [-0.3, -0.25) is 0 Å². The van der Waals surface area contributed by atoms with E-state index < -0.39 is 0 Å². The summed E-state index contributed by atoms with van der Waals surface area (Å²) < 4.78 is 13.7. The Bertz CT molecular complexity index is 661. The molecule has 0 atom stereocenters. The fraction of sp³-hybridized carbons (Fsp3) is 0.611. The van der Waals surface area contributed by atoms with E-state index in [0.29, 0.717) is 13.2 Å². The molecular formula is C18H26N2O2. The Kier molecular flexibility index (Phi) is 3.77. The predicted octanol–water partition coefficient (Wildman–Crippen LogP) is 3.73. The molecule has 0 amide bonds. The lowest BCUT2D eigenvalue weighted by atomic mass is 9.84. The highest BCUT2D eigenvalue weighted by molar-refractivity contribution is 5.80. The van der Waals surface area contributed by atoms with E-state index in [9.17, 15) is 0 Å². The molecule has 0 unspecified atom stereocenters. The van der Waals surface area contributed by atoms with Crippen molar-refractivity contribution in [3.63, 3.8) is 0 Å². The zero-order valence-corrected chi connectivity index (χ0v) is 14.2. The first-order chi connectivity index (χ1) is 10.3. The molecule has 1 fully saturated rings. The lowest BCUT2D eigenvalue weighted by Crippen LogP contribution is -2.32. The molecule has 0 aliphatic carbocycles. The minimum atomic E-state index is -0.125. The van der Waals surface area contributed by atoms with E-state index in [1.54, 1.807) is 0 Å². The number of ether oxygens (including phenoxy) is 2. The molecule has 22 heavy (non-hydrogen) atoms. The van der Waals surface area contributed by atoms with Gasteiger partial charge in [0.15, 0.2) is 6.29 Å². The summed E-state index contributed by atoms with van der Waals surface area (Å²) in [5.74, 6) is 0. The molecule has 2 aromatic rings. The Labute approximate surface area is 132 Å². The largest absolute Gasteiger partial charge is 0.350 e. The van der Waals surface area contributed by atoms with Gasteiger partial charge < -0.3 is 14.0 Å². The normalized spacial score (nSPS) is 17.5. The van der Waals surface area contributed by atoms with Crippen LogP contribution in [-0.2, 0) is 21.4 Å². The van der Waals surface area contributed by atoms with Crippen LogP contribution in [0.25, 0.3) is 11.0 Å². The number of hydrogen-bond acceptors (Lipinski definition) is 3. The van der Waals surface area contributed by atoms with E-state index in [1.807, 2.05) is 6.20 Å². The van der Waals surface area contributed by atoms with Crippen molar-refractivity contribution in [2.24, 2.45) is 5.41 Å². The molecule has 0 saturated carbocycles. The molecule has 0 spiro atoms. The molecule has 4 heteroatoms. The summed E-state index contributed by atoms with van der Waals surface area (Å²) in [6, 6.07) is 4.29. The average molecular weight is 302 g/mol. The lowest BCUT2D eigenvalue weighted by Gasteiger charge is -2.30. The SMILES string of the molecule is CC(C)(Cc1ccnc2c1ccn2C(C)(C)C)C1OCCO1. The van der Waals surface area contributed by atoms with E-state index in [0.717, 1.165) is 12.1 Å². The highest BCUT2D eigenvalue weighted by atomic mass is 16.7. The van der Waals surface area contributed by atoms with Gasteiger partial charge in [-0.15, -0.1) is 0 Å². The number of aromatic nitrogens is 2. The summed E-state index contributed by atoms with van der Waals surface area (Å²) in [6.45, 7) is 12.4. The van der Waals surface area contributed by atoms with Crippen LogP contribution in [-0.4, -0.2) is 29.1 Å². The van der Waals surface area contributed by atoms with Crippen molar-refractivity contribution >= 4 is 11.0 Å². The Morgan fingerprint density at radius 2 is 1.82 bits per heavy atom. The number of rotatable bonds is 3. The van der Waals surface area contributed by atoms with Gasteiger partial charge in [-0.2, -0.15) is 0 Å². The maximum absolute atomic E-state index is 5.72. The van der Waals surface area contributed by atoms with Crippen LogP contribution in [0.5, 0.6) is 0 Å². The third kappa shape index (κ3) is 2.77. The van der Waals surface area contributed by atoms with E-state index in [-0.39, 0.29) is 17.2 Å². The van der Waals surface area contributed by atoms with Crippen molar-refractivity contribution in [1.82, 2.24) is 9.55 Å². The van der Waals surface area contributed by atoms with E-state index in [2.05, 4.69) is 62.5 Å². The van der Waals surface area contributed by atoms with Gasteiger partial charge in [-0.1, -0.05) is 13.8 Å². The molecule has 2 aromatic heterocycles. The van der Waals surface area contributed by atoms with Gasteiger partial charge in [0.1, 0.15) is 5.65 Å². The van der Waals surface area contributed by atoms with Crippen molar-refractivity contribution in [1.29, 1.82) is 0 Å². The Hall–Kier alpha value is -1.39. The third-order valence-electron chi connectivity index (χ3n) is 4.31. The van der Waals surface area contributed by atoms with Crippen LogP contribution >= 0.6 is 0 Å². The monoisotopic (exact) mass is 302 g/mol. The zero-order chi connectivity index (χ0) is 16.0. The number of nitrogens with zero attached hydrogens (tertiary/aromatic N) is 2. The topological polar surface area (TPSA) is 36.3 Å². The van der Waals surface area contributed by atoms with Gasteiger partial charge in [-0.05, 0) is 44.9 Å². The van der Waals surface area contributed by atoms with Crippen LogP contribution in [0, 0.1) is 5.41 Å². The number of pyridine rings is 1. The van der Waals surface area contributed by atoms with Crippen LogP contribution in [0.2, 0.25) is 0 Å². The summed E-state index contributed by atoms with van der Waals surface area (Å²) in [5.41, 5.74) is 2.32. The summed E-state index contributed by atoms with van der Waals surface area (Å²) >= 11 is 0. The molecule has 3 heterocycles. The van der Waals surface area contributed by atoms with E-state index >= 15 is 0 Å². The van der Waals surface area contributed by atoms with Crippen LogP contribution in [0.1, 0.15) is 40.2 Å². The van der Waals surface area contributed by atoms with Crippen LogP contribution in [0.15, 0.2) is 24.5 Å². The second-order valence-electron chi connectivity index (χ2n) is 7.80. The molecule has 0 radical (unpaired) electrons.